The van der Waals surface area contributed by atoms with Gasteiger partial charge in [0, 0.05) is 23.6 Å². The zero-order valence-electron chi connectivity index (χ0n) is 12.4. The summed E-state index contributed by atoms with van der Waals surface area (Å²) in [4.78, 5) is 12.7. The minimum Gasteiger partial charge on any atom is -0.356 e. The first-order valence-electron chi connectivity index (χ1n) is 7.43. The summed E-state index contributed by atoms with van der Waals surface area (Å²) in [6.45, 7) is 0.703. The maximum Gasteiger partial charge on any atom is 0.220 e. The van der Waals surface area contributed by atoms with E-state index in [1.165, 1.54) is 17.7 Å². The fraction of sp³-hybridized carbons (Fsp3) is 0.278. The Morgan fingerprint density at radius 2 is 1.77 bits per heavy atom. The van der Waals surface area contributed by atoms with Crippen LogP contribution >= 0.6 is 11.8 Å². The lowest BCUT2D eigenvalue weighted by Crippen LogP contribution is -2.24. The summed E-state index contributed by atoms with van der Waals surface area (Å²) in [5.74, 6) is 0.541. The summed E-state index contributed by atoms with van der Waals surface area (Å²) in [6.07, 6.45) is 2.40. The van der Waals surface area contributed by atoms with Gasteiger partial charge in [0.15, 0.2) is 0 Å². The third-order valence-corrected chi connectivity index (χ3v) is 4.23. The monoisotopic (exact) mass is 317 g/mol. The normalized spacial score (nSPS) is 10.4. The quantitative estimate of drug-likeness (QED) is 0.588. The first-order valence-corrected chi connectivity index (χ1v) is 8.41. The van der Waals surface area contributed by atoms with Crippen molar-refractivity contribution in [1.82, 2.24) is 5.32 Å². The maximum absolute atomic E-state index is 12.8. The van der Waals surface area contributed by atoms with Gasteiger partial charge in [0.2, 0.25) is 5.91 Å². The standard InChI is InChI=1S/C18H20FNOS/c19-16-8-10-17(11-9-16)22-14-12-18(21)20-13-4-7-15-5-2-1-3-6-15/h1-3,5-6,8-11H,4,7,12-14H2,(H,20,21). The number of carbonyl (C=O) groups is 1. The van der Waals surface area contributed by atoms with Gasteiger partial charge in [0.25, 0.3) is 0 Å². The van der Waals surface area contributed by atoms with Gasteiger partial charge in [-0.15, -0.1) is 11.8 Å². The van der Waals surface area contributed by atoms with Gasteiger partial charge in [-0.1, -0.05) is 30.3 Å². The second-order valence-corrected chi connectivity index (χ2v) is 6.16. The van der Waals surface area contributed by atoms with Crippen molar-refractivity contribution in [1.29, 1.82) is 0 Å². The Morgan fingerprint density at radius 1 is 1.05 bits per heavy atom. The molecule has 0 heterocycles. The van der Waals surface area contributed by atoms with E-state index in [4.69, 9.17) is 0 Å². The number of benzene rings is 2. The van der Waals surface area contributed by atoms with Crippen LogP contribution in [0.3, 0.4) is 0 Å². The summed E-state index contributed by atoms with van der Waals surface area (Å²) in [5, 5.41) is 2.94. The molecule has 0 unspecified atom stereocenters. The van der Waals surface area contributed by atoms with E-state index in [9.17, 15) is 9.18 Å². The minimum absolute atomic E-state index is 0.0719. The van der Waals surface area contributed by atoms with Crippen molar-refractivity contribution in [3.05, 3.63) is 66.0 Å². The van der Waals surface area contributed by atoms with E-state index in [-0.39, 0.29) is 11.7 Å². The summed E-state index contributed by atoms with van der Waals surface area (Å²) in [6, 6.07) is 16.6. The van der Waals surface area contributed by atoms with Crippen molar-refractivity contribution in [2.75, 3.05) is 12.3 Å². The number of nitrogens with one attached hydrogen (secondary N) is 1. The third kappa shape index (κ3) is 6.31. The molecule has 2 aromatic rings. The largest absolute Gasteiger partial charge is 0.356 e. The number of thioether (sulfide) groups is 1. The zero-order valence-corrected chi connectivity index (χ0v) is 13.2. The molecule has 22 heavy (non-hydrogen) atoms. The van der Waals surface area contributed by atoms with Crippen LogP contribution in [-0.2, 0) is 11.2 Å². The highest BCUT2D eigenvalue weighted by Crippen LogP contribution is 2.18. The van der Waals surface area contributed by atoms with Gasteiger partial charge in [-0.05, 0) is 42.7 Å². The predicted octanol–water partition coefficient (Wildman–Crippen LogP) is 4.06. The Kier molecular flexibility index (Phi) is 6.97. The number of hydrogen-bond donors (Lipinski definition) is 1. The number of amides is 1. The molecule has 0 bridgehead atoms. The van der Waals surface area contributed by atoms with Gasteiger partial charge in [0.05, 0.1) is 0 Å². The van der Waals surface area contributed by atoms with Crippen LogP contribution in [0.2, 0.25) is 0 Å². The lowest BCUT2D eigenvalue weighted by Gasteiger charge is -2.05. The maximum atomic E-state index is 12.8. The smallest absolute Gasteiger partial charge is 0.220 e. The highest BCUT2D eigenvalue weighted by molar-refractivity contribution is 7.99. The Labute approximate surface area is 135 Å². The van der Waals surface area contributed by atoms with Crippen LogP contribution in [0.15, 0.2) is 59.5 Å². The van der Waals surface area contributed by atoms with Crippen molar-refractivity contribution in [3.63, 3.8) is 0 Å². The van der Waals surface area contributed by atoms with Crippen LogP contribution in [0.5, 0.6) is 0 Å². The summed E-state index contributed by atoms with van der Waals surface area (Å²) in [7, 11) is 0. The van der Waals surface area contributed by atoms with E-state index in [0.717, 1.165) is 17.7 Å². The first-order chi connectivity index (χ1) is 10.7. The number of rotatable bonds is 8. The van der Waals surface area contributed by atoms with Gasteiger partial charge in [-0.3, -0.25) is 4.79 Å². The van der Waals surface area contributed by atoms with Crippen molar-refractivity contribution in [3.8, 4) is 0 Å². The molecule has 0 saturated heterocycles. The van der Waals surface area contributed by atoms with E-state index < -0.39 is 0 Å². The fourth-order valence-corrected chi connectivity index (χ4v) is 2.90. The van der Waals surface area contributed by atoms with Crippen molar-refractivity contribution >= 4 is 17.7 Å². The van der Waals surface area contributed by atoms with Crippen LogP contribution in [0.1, 0.15) is 18.4 Å². The molecule has 116 valence electrons. The van der Waals surface area contributed by atoms with Crippen LogP contribution in [0.4, 0.5) is 4.39 Å². The summed E-state index contributed by atoms with van der Waals surface area (Å²) >= 11 is 1.57. The van der Waals surface area contributed by atoms with Gasteiger partial charge < -0.3 is 5.32 Å². The zero-order chi connectivity index (χ0) is 15.6. The number of hydrogen-bond acceptors (Lipinski definition) is 2. The van der Waals surface area contributed by atoms with Crippen LogP contribution in [0.25, 0.3) is 0 Å². The van der Waals surface area contributed by atoms with Crippen LogP contribution in [0, 0.1) is 5.82 Å². The lowest BCUT2D eigenvalue weighted by atomic mass is 10.1. The van der Waals surface area contributed by atoms with Crippen LogP contribution < -0.4 is 5.32 Å². The molecule has 1 N–H and O–H groups in total. The SMILES string of the molecule is O=C(CCSc1ccc(F)cc1)NCCCc1ccccc1. The van der Waals surface area contributed by atoms with E-state index in [0.29, 0.717) is 18.7 Å². The van der Waals surface area contributed by atoms with E-state index in [1.54, 1.807) is 23.9 Å². The number of carbonyl (C=O) groups excluding carboxylic acids is 1. The molecule has 2 rings (SSSR count). The molecular formula is C18H20FNOS. The molecule has 0 aromatic heterocycles. The fourth-order valence-electron chi connectivity index (χ4n) is 2.05. The highest BCUT2D eigenvalue weighted by atomic mass is 32.2. The van der Waals surface area contributed by atoms with Gasteiger partial charge in [-0.2, -0.15) is 0 Å². The van der Waals surface area contributed by atoms with Crippen molar-refractivity contribution < 1.29 is 9.18 Å². The molecule has 0 aliphatic heterocycles. The molecule has 0 saturated carbocycles. The number of halogens is 1. The van der Waals surface area contributed by atoms with Crippen molar-refractivity contribution in [2.45, 2.75) is 24.2 Å². The van der Waals surface area contributed by atoms with Gasteiger partial charge in [0.1, 0.15) is 5.82 Å². The number of aryl methyl sites for hydroxylation is 1. The minimum atomic E-state index is -0.236. The second kappa shape index (κ2) is 9.26. The average molecular weight is 317 g/mol. The molecule has 0 atom stereocenters. The molecule has 2 aromatic carbocycles. The van der Waals surface area contributed by atoms with E-state index in [2.05, 4.69) is 17.4 Å². The third-order valence-electron chi connectivity index (χ3n) is 3.22. The molecule has 1 amide bonds. The Balaban J connectivity index is 1.55. The Hall–Kier alpha value is -1.81. The molecule has 0 fully saturated rings. The summed E-state index contributed by atoms with van der Waals surface area (Å²) < 4.78 is 12.8. The molecular weight excluding hydrogens is 297 g/mol. The topological polar surface area (TPSA) is 29.1 Å². The average Bonchev–Trinajstić information content (AvgIpc) is 2.54. The lowest BCUT2D eigenvalue weighted by molar-refractivity contribution is -0.120. The molecule has 0 aliphatic rings. The molecule has 4 heteroatoms. The summed E-state index contributed by atoms with van der Waals surface area (Å²) in [5.41, 5.74) is 1.30. The molecule has 0 aliphatic carbocycles. The van der Waals surface area contributed by atoms with Gasteiger partial charge >= 0.3 is 0 Å². The first kappa shape index (κ1) is 16.6. The van der Waals surface area contributed by atoms with Gasteiger partial charge in [-0.25, -0.2) is 4.39 Å². The predicted molar refractivity (Wildman–Crippen MR) is 89.5 cm³/mol. The van der Waals surface area contributed by atoms with E-state index in [1.807, 2.05) is 18.2 Å². The van der Waals surface area contributed by atoms with Crippen molar-refractivity contribution in [2.24, 2.45) is 0 Å². The second-order valence-electron chi connectivity index (χ2n) is 4.99. The van der Waals surface area contributed by atoms with Crippen LogP contribution in [-0.4, -0.2) is 18.2 Å². The molecule has 0 radical (unpaired) electrons. The van der Waals surface area contributed by atoms with E-state index >= 15 is 0 Å². The molecule has 2 nitrogen and oxygen atoms in total. The molecule has 0 spiro atoms. The Morgan fingerprint density at radius 3 is 2.50 bits per heavy atom. The highest BCUT2D eigenvalue weighted by Gasteiger charge is 2.02. The Bertz CT molecular complexity index is 571.